The van der Waals surface area contributed by atoms with Crippen molar-refractivity contribution in [2.45, 2.75) is 57.6 Å². The van der Waals surface area contributed by atoms with Gasteiger partial charge in [-0.1, -0.05) is 42.3 Å². The second-order valence-electron chi connectivity index (χ2n) is 13.7. The summed E-state index contributed by atoms with van der Waals surface area (Å²) in [4.78, 5) is 53.6. The minimum atomic E-state index is -2.64. The number of nitrogens with zero attached hydrogens (tertiary/aromatic N) is 2. The number of rotatable bonds is 6. The molecule has 4 aliphatic rings. The molecule has 2 aromatic carbocycles. The zero-order valence-electron chi connectivity index (χ0n) is 28.5. The van der Waals surface area contributed by atoms with E-state index in [-0.39, 0.29) is 35.6 Å². The molecule has 0 unspecified atom stereocenters. The number of phenolic OH excluding ortho intramolecular Hbond substituents is 1. The van der Waals surface area contributed by atoms with E-state index in [2.05, 4.69) is 10.2 Å². The third-order valence-electron chi connectivity index (χ3n) is 10.2. The monoisotopic (exact) mass is 674 g/mol. The van der Waals surface area contributed by atoms with Gasteiger partial charge in [0.05, 0.1) is 11.6 Å². The van der Waals surface area contributed by atoms with E-state index in [1.54, 1.807) is 27.1 Å². The van der Waals surface area contributed by atoms with Gasteiger partial charge in [-0.2, -0.15) is 0 Å². The van der Waals surface area contributed by atoms with Gasteiger partial charge < -0.3 is 36.4 Å². The first kappa shape index (κ1) is 35.8. The molecule has 0 radical (unpaired) electrons. The summed E-state index contributed by atoms with van der Waals surface area (Å²) >= 11 is 0. The molecule has 12 nitrogen and oxygen atoms in total. The van der Waals surface area contributed by atoms with Crippen molar-refractivity contribution < 1.29 is 39.6 Å². The molecule has 2 fully saturated rings. The maximum atomic E-state index is 13.9. The molecule has 1 aliphatic heterocycles. The van der Waals surface area contributed by atoms with E-state index < -0.39 is 58.0 Å². The standard InChI is InChI=1S/C28H28N2O7.C9H18N2O/c1-12-5-4-6-13(9-12)15-7-8-18(31)20-16(15)10-14-11-17-22(30(2)3)24(33)21(27(29)36)26(35)28(17,37)25(34)19(14)23(20)32;1-9(12)10-5-8-11-6-3-2-4-7-11/h4-9,14,17,22,31-32,35,37H,10-11H2,1-3H3,(H2,29,36);2-8H2,1H3,(H,10,12)/t14-,17-,22-,28-;/m0./s1. The Hall–Kier alpha value is -4.52. The molecule has 7 N–H and O–H groups in total. The summed E-state index contributed by atoms with van der Waals surface area (Å²) in [7, 11) is 3.14. The van der Waals surface area contributed by atoms with Crippen LogP contribution in [0, 0.1) is 18.8 Å². The number of ketones is 2. The van der Waals surface area contributed by atoms with Crippen molar-refractivity contribution in [2.75, 3.05) is 40.3 Å². The molecule has 4 atom stereocenters. The number of carbonyl (C=O) groups is 4. The van der Waals surface area contributed by atoms with Crippen molar-refractivity contribution in [3.8, 4) is 16.9 Å². The third kappa shape index (κ3) is 6.60. The Morgan fingerprint density at radius 2 is 1.76 bits per heavy atom. The molecule has 12 heteroatoms. The van der Waals surface area contributed by atoms with E-state index in [4.69, 9.17) is 5.73 Å². The molecular formula is C37H46N4O8. The first-order valence-electron chi connectivity index (χ1n) is 16.7. The average molecular weight is 675 g/mol. The van der Waals surface area contributed by atoms with Crippen LogP contribution < -0.4 is 11.1 Å². The van der Waals surface area contributed by atoms with Gasteiger partial charge in [-0.3, -0.25) is 24.1 Å². The minimum Gasteiger partial charge on any atom is -0.508 e. The van der Waals surface area contributed by atoms with Gasteiger partial charge in [0.1, 0.15) is 22.8 Å². The number of aliphatic hydroxyl groups is 3. The molecule has 262 valence electrons. The molecule has 1 saturated heterocycles. The molecule has 1 saturated carbocycles. The highest BCUT2D eigenvalue weighted by molar-refractivity contribution is 6.24. The van der Waals surface area contributed by atoms with Crippen LogP contribution in [0.15, 0.2) is 53.3 Å². The van der Waals surface area contributed by atoms with Crippen LogP contribution in [-0.4, -0.2) is 106 Å². The molecule has 0 bridgehead atoms. The lowest BCUT2D eigenvalue weighted by Gasteiger charge is -2.50. The fraction of sp³-hybridized carbons (Fsp3) is 0.459. The van der Waals surface area contributed by atoms with Gasteiger partial charge in [-0.25, -0.2) is 0 Å². The number of hydrogen-bond acceptors (Lipinski definition) is 10. The first-order valence-corrected chi connectivity index (χ1v) is 16.7. The highest BCUT2D eigenvalue weighted by atomic mass is 16.3. The van der Waals surface area contributed by atoms with Crippen LogP contribution in [-0.2, 0) is 25.6 Å². The molecule has 2 aromatic rings. The Kier molecular flexibility index (Phi) is 10.3. The number of likely N-dealkylation sites (tertiary alicyclic amines) is 1. The van der Waals surface area contributed by atoms with E-state index >= 15 is 0 Å². The SMILES string of the molecule is CC(=O)NCCN1CCCCC1.Cc1cccc(-c2ccc(O)c3c2C[C@H]2C[C@H]4[C@H](N(C)C)C(=O)C(C(N)=O)=C(O)[C@@]4(O)C(=O)C2=C3O)c1. The van der Waals surface area contributed by atoms with Gasteiger partial charge in [0, 0.05) is 31.5 Å². The molecule has 0 aromatic heterocycles. The second-order valence-corrected chi connectivity index (χ2v) is 13.7. The van der Waals surface area contributed by atoms with E-state index in [1.807, 2.05) is 31.2 Å². The van der Waals surface area contributed by atoms with Crippen LogP contribution >= 0.6 is 0 Å². The smallest absolute Gasteiger partial charge is 0.255 e. The Labute approximate surface area is 285 Å². The van der Waals surface area contributed by atoms with Crippen molar-refractivity contribution in [1.82, 2.24) is 15.1 Å². The number of aryl methyl sites for hydroxylation is 1. The largest absolute Gasteiger partial charge is 0.508 e. The van der Waals surface area contributed by atoms with Crippen LogP contribution in [0.4, 0.5) is 0 Å². The number of phenols is 1. The zero-order chi connectivity index (χ0) is 35.8. The summed E-state index contributed by atoms with van der Waals surface area (Å²) in [6, 6.07) is 9.82. The van der Waals surface area contributed by atoms with Gasteiger partial charge in [0.2, 0.25) is 11.7 Å². The van der Waals surface area contributed by atoms with Crippen molar-refractivity contribution in [1.29, 1.82) is 0 Å². The summed E-state index contributed by atoms with van der Waals surface area (Å²) in [6.45, 7) is 7.75. The fourth-order valence-corrected chi connectivity index (χ4v) is 7.90. The van der Waals surface area contributed by atoms with Gasteiger partial charge in [-0.05, 0) is 88.5 Å². The van der Waals surface area contributed by atoms with Crippen molar-refractivity contribution in [3.05, 3.63) is 70.0 Å². The number of fused-ring (bicyclic) bond motifs is 3. The third-order valence-corrected chi connectivity index (χ3v) is 10.2. The molecular weight excluding hydrogens is 628 g/mol. The number of likely N-dealkylation sites (N-methyl/N-ethyl adjacent to an activating group) is 1. The highest BCUT2D eigenvalue weighted by Crippen LogP contribution is 2.53. The topological polar surface area (TPSA) is 194 Å². The van der Waals surface area contributed by atoms with Gasteiger partial charge >= 0.3 is 0 Å². The maximum Gasteiger partial charge on any atom is 0.255 e. The Morgan fingerprint density at radius 1 is 1.06 bits per heavy atom. The molecule has 6 rings (SSSR count). The van der Waals surface area contributed by atoms with E-state index in [9.17, 15) is 39.6 Å². The molecule has 3 aliphatic carbocycles. The van der Waals surface area contributed by atoms with Crippen molar-refractivity contribution in [3.63, 3.8) is 0 Å². The summed E-state index contributed by atoms with van der Waals surface area (Å²) < 4.78 is 0. The molecule has 49 heavy (non-hydrogen) atoms. The van der Waals surface area contributed by atoms with Crippen LogP contribution in [0.3, 0.4) is 0 Å². The normalized spacial score (nSPS) is 25.2. The minimum absolute atomic E-state index is 0.0503. The number of primary amides is 1. The summed E-state index contributed by atoms with van der Waals surface area (Å²) in [5.41, 5.74) is 5.10. The van der Waals surface area contributed by atoms with Crippen molar-refractivity contribution >= 4 is 29.1 Å². The molecule has 0 spiro atoms. The lowest BCUT2D eigenvalue weighted by molar-refractivity contribution is -0.153. The lowest BCUT2D eigenvalue weighted by Crippen LogP contribution is -2.65. The quantitative estimate of drug-likeness (QED) is 0.248. The average Bonchev–Trinajstić information content (AvgIpc) is 3.03. The fourth-order valence-electron chi connectivity index (χ4n) is 7.90. The number of nitrogens with two attached hydrogens (primary N) is 1. The number of amides is 2. The maximum absolute atomic E-state index is 13.9. The van der Waals surface area contributed by atoms with E-state index in [0.29, 0.717) is 5.56 Å². The number of piperidine rings is 1. The number of aromatic hydroxyl groups is 1. The highest BCUT2D eigenvalue weighted by Gasteiger charge is 2.64. The first-order chi connectivity index (χ1) is 23.2. The number of aliphatic hydroxyl groups excluding tert-OH is 2. The lowest BCUT2D eigenvalue weighted by atomic mass is 9.57. The Morgan fingerprint density at radius 3 is 2.37 bits per heavy atom. The number of carbonyl (C=O) groups excluding carboxylic acids is 4. The molecule has 2 amide bonds. The van der Waals surface area contributed by atoms with Gasteiger partial charge in [0.15, 0.2) is 11.4 Å². The number of nitrogens with one attached hydrogen (secondary N) is 1. The molecule has 1 heterocycles. The van der Waals surface area contributed by atoms with Crippen LogP contribution in [0.2, 0.25) is 0 Å². The van der Waals surface area contributed by atoms with Crippen LogP contribution in [0.1, 0.15) is 49.3 Å². The van der Waals surface area contributed by atoms with E-state index in [0.717, 1.165) is 29.8 Å². The van der Waals surface area contributed by atoms with E-state index in [1.165, 1.54) is 43.3 Å². The predicted octanol–water partition coefficient (Wildman–Crippen LogP) is 2.55. The zero-order valence-corrected chi connectivity index (χ0v) is 28.5. The Bertz CT molecular complexity index is 1740. The predicted molar refractivity (Wildman–Crippen MR) is 183 cm³/mol. The second kappa shape index (κ2) is 14.1. The van der Waals surface area contributed by atoms with Gasteiger partial charge in [0.25, 0.3) is 5.91 Å². The summed E-state index contributed by atoms with van der Waals surface area (Å²) in [5, 5.41) is 47.4. The summed E-state index contributed by atoms with van der Waals surface area (Å²) in [6.07, 6.45) is 4.30. The van der Waals surface area contributed by atoms with Crippen molar-refractivity contribution in [2.24, 2.45) is 17.6 Å². The van der Waals surface area contributed by atoms with Gasteiger partial charge in [-0.15, -0.1) is 0 Å². The Balaban J connectivity index is 0.000000330. The summed E-state index contributed by atoms with van der Waals surface area (Å²) in [5.74, 6) is -6.53. The van der Waals surface area contributed by atoms with Crippen LogP contribution in [0.5, 0.6) is 5.75 Å². The number of Topliss-reactive ketones (excluding diaryl/α,β-unsaturated/α-hetero) is 2. The van der Waals surface area contributed by atoms with Crippen LogP contribution in [0.25, 0.3) is 16.9 Å². The number of hydrogen-bond donors (Lipinski definition) is 6. The number of benzene rings is 2.